The van der Waals surface area contributed by atoms with E-state index in [1.54, 1.807) is 23.5 Å². The van der Waals surface area contributed by atoms with Gasteiger partial charge in [0.15, 0.2) is 5.75 Å². The van der Waals surface area contributed by atoms with Gasteiger partial charge < -0.3 is 10.1 Å². The highest BCUT2D eigenvalue weighted by Crippen LogP contribution is 2.32. The Labute approximate surface area is 112 Å². The third-order valence-electron chi connectivity index (χ3n) is 2.45. The first-order valence-electron chi connectivity index (χ1n) is 5.60. The van der Waals surface area contributed by atoms with Gasteiger partial charge in [-0.25, -0.2) is 0 Å². The van der Waals surface area contributed by atoms with Crippen molar-refractivity contribution in [2.45, 2.75) is 19.3 Å². The van der Waals surface area contributed by atoms with Crippen molar-refractivity contribution in [3.05, 3.63) is 46.7 Å². The molecule has 1 heterocycles. The zero-order valence-electron chi connectivity index (χ0n) is 10.1. The number of benzene rings is 1. The van der Waals surface area contributed by atoms with Crippen LogP contribution in [0.15, 0.2) is 41.8 Å². The lowest BCUT2D eigenvalue weighted by molar-refractivity contribution is -0.274. The fourth-order valence-corrected chi connectivity index (χ4v) is 2.38. The Kier molecular flexibility index (Phi) is 3.99. The molecule has 1 unspecified atom stereocenters. The molecule has 2 rings (SSSR count). The highest BCUT2D eigenvalue weighted by molar-refractivity contribution is 7.10. The van der Waals surface area contributed by atoms with Crippen molar-refractivity contribution < 1.29 is 17.9 Å². The Hall–Kier alpha value is -1.69. The maximum atomic E-state index is 12.3. The second-order valence-corrected chi connectivity index (χ2v) is 4.90. The minimum absolute atomic E-state index is 0.0852. The molecular formula is C13H12F3NOS. The third kappa shape index (κ3) is 3.89. The lowest BCUT2D eigenvalue weighted by Gasteiger charge is -2.18. The van der Waals surface area contributed by atoms with Gasteiger partial charge in [-0.15, -0.1) is 24.5 Å². The second kappa shape index (κ2) is 5.52. The molecule has 0 saturated heterocycles. The molecule has 0 aliphatic rings. The third-order valence-corrected chi connectivity index (χ3v) is 3.51. The number of halogens is 3. The molecule has 102 valence electrons. The summed E-state index contributed by atoms with van der Waals surface area (Å²) in [6.07, 6.45) is -4.69. The van der Waals surface area contributed by atoms with Gasteiger partial charge in [-0.05, 0) is 30.5 Å². The van der Waals surface area contributed by atoms with Gasteiger partial charge in [-0.2, -0.15) is 0 Å². The zero-order chi connectivity index (χ0) is 13.9. The van der Waals surface area contributed by atoms with Crippen LogP contribution in [0.2, 0.25) is 0 Å². The summed E-state index contributed by atoms with van der Waals surface area (Å²) in [5, 5.41) is 4.94. The summed E-state index contributed by atoms with van der Waals surface area (Å²) in [4.78, 5) is 1.04. The first-order chi connectivity index (χ1) is 8.96. The molecule has 0 amide bonds. The van der Waals surface area contributed by atoms with Gasteiger partial charge >= 0.3 is 6.36 Å². The Morgan fingerprint density at radius 3 is 2.53 bits per heavy atom. The molecule has 2 nitrogen and oxygen atoms in total. The van der Waals surface area contributed by atoms with E-state index in [1.165, 1.54) is 12.1 Å². The van der Waals surface area contributed by atoms with E-state index in [4.69, 9.17) is 0 Å². The molecule has 19 heavy (non-hydrogen) atoms. The predicted molar refractivity (Wildman–Crippen MR) is 69.5 cm³/mol. The topological polar surface area (TPSA) is 21.3 Å². The predicted octanol–water partition coefficient (Wildman–Crippen LogP) is 4.82. The minimum atomic E-state index is -4.69. The number of hydrogen-bond donors (Lipinski definition) is 1. The number of para-hydroxylation sites is 2. The normalized spacial score (nSPS) is 13.1. The highest BCUT2D eigenvalue weighted by atomic mass is 32.1. The van der Waals surface area contributed by atoms with Crippen molar-refractivity contribution in [2.24, 2.45) is 0 Å². The molecule has 2 aromatic rings. The standard InChI is InChI=1S/C13H12F3NOS/c1-9(12-7-4-8-19-12)17-10-5-2-3-6-11(10)18-13(14,15)16/h2-9,17H,1H3. The molecule has 0 bridgehead atoms. The van der Waals surface area contributed by atoms with Crippen LogP contribution in [0, 0.1) is 0 Å². The summed E-state index contributed by atoms with van der Waals surface area (Å²) in [7, 11) is 0. The maximum Gasteiger partial charge on any atom is 0.573 e. The molecule has 0 aliphatic heterocycles. The Morgan fingerprint density at radius 2 is 1.89 bits per heavy atom. The van der Waals surface area contributed by atoms with E-state index in [0.29, 0.717) is 5.69 Å². The molecule has 1 atom stereocenters. The second-order valence-electron chi connectivity index (χ2n) is 3.93. The number of alkyl halides is 3. The first kappa shape index (κ1) is 13.7. The average molecular weight is 287 g/mol. The Balaban J connectivity index is 2.16. The molecule has 0 spiro atoms. The smallest absolute Gasteiger partial charge is 0.404 e. The molecule has 1 N–H and O–H groups in total. The van der Waals surface area contributed by atoms with Crippen LogP contribution in [0.1, 0.15) is 17.8 Å². The van der Waals surface area contributed by atoms with Crippen LogP contribution in [-0.4, -0.2) is 6.36 Å². The maximum absolute atomic E-state index is 12.3. The number of nitrogens with one attached hydrogen (secondary N) is 1. The molecule has 0 fully saturated rings. The van der Waals surface area contributed by atoms with Gasteiger partial charge in [0, 0.05) is 4.88 Å². The average Bonchev–Trinajstić information content (AvgIpc) is 2.83. The van der Waals surface area contributed by atoms with Crippen LogP contribution in [0.3, 0.4) is 0 Å². The number of rotatable bonds is 4. The van der Waals surface area contributed by atoms with Gasteiger partial charge in [-0.3, -0.25) is 0 Å². The van der Waals surface area contributed by atoms with E-state index in [1.807, 2.05) is 24.4 Å². The number of anilines is 1. The lowest BCUT2D eigenvalue weighted by Crippen LogP contribution is -2.18. The molecule has 0 aliphatic carbocycles. The summed E-state index contributed by atoms with van der Waals surface area (Å²) < 4.78 is 40.8. The molecule has 0 radical (unpaired) electrons. The quantitative estimate of drug-likeness (QED) is 0.870. The summed E-state index contributed by atoms with van der Waals surface area (Å²) in [5.41, 5.74) is 0.320. The van der Waals surface area contributed by atoms with E-state index in [0.717, 1.165) is 4.88 Å². The molecular weight excluding hydrogens is 275 g/mol. The van der Waals surface area contributed by atoms with Crippen molar-refractivity contribution in [1.29, 1.82) is 0 Å². The summed E-state index contributed by atoms with van der Waals surface area (Å²) >= 11 is 1.54. The molecule has 0 saturated carbocycles. The van der Waals surface area contributed by atoms with Crippen LogP contribution >= 0.6 is 11.3 Å². The van der Waals surface area contributed by atoms with Gasteiger partial charge in [0.05, 0.1) is 11.7 Å². The van der Waals surface area contributed by atoms with Crippen molar-refractivity contribution in [2.75, 3.05) is 5.32 Å². The van der Waals surface area contributed by atoms with Crippen molar-refractivity contribution in [1.82, 2.24) is 0 Å². The summed E-state index contributed by atoms with van der Waals surface area (Å²) in [6.45, 7) is 1.89. The number of hydrogen-bond acceptors (Lipinski definition) is 3. The van der Waals surface area contributed by atoms with E-state index < -0.39 is 6.36 Å². The summed E-state index contributed by atoms with van der Waals surface area (Å²) in [6, 6.07) is 9.75. The monoisotopic (exact) mass is 287 g/mol. The zero-order valence-corrected chi connectivity index (χ0v) is 10.9. The molecule has 1 aromatic heterocycles. The van der Waals surface area contributed by atoms with Gasteiger partial charge in [0.2, 0.25) is 0 Å². The SMILES string of the molecule is CC(Nc1ccccc1OC(F)(F)F)c1cccs1. The largest absolute Gasteiger partial charge is 0.573 e. The van der Waals surface area contributed by atoms with E-state index >= 15 is 0 Å². The highest BCUT2D eigenvalue weighted by Gasteiger charge is 2.32. The Morgan fingerprint density at radius 1 is 1.16 bits per heavy atom. The van der Waals surface area contributed by atoms with Crippen LogP contribution in [0.25, 0.3) is 0 Å². The van der Waals surface area contributed by atoms with Crippen molar-refractivity contribution in [3.8, 4) is 5.75 Å². The minimum Gasteiger partial charge on any atom is -0.404 e. The molecule has 6 heteroatoms. The lowest BCUT2D eigenvalue weighted by atomic mass is 10.2. The Bertz CT molecular complexity index is 525. The fraction of sp³-hybridized carbons (Fsp3) is 0.231. The number of ether oxygens (including phenoxy) is 1. The fourth-order valence-electron chi connectivity index (χ4n) is 1.64. The van der Waals surface area contributed by atoms with Crippen LogP contribution < -0.4 is 10.1 Å². The van der Waals surface area contributed by atoms with Gasteiger partial charge in [0.25, 0.3) is 0 Å². The van der Waals surface area contributed by atoms with Crippen molar-refractivity contribution >= 4 is 17.0 Å². The van der Waals surface area contributed by atoms with Gasteiger partial charge in [-0.1, -0.05) is 18.2 Å². The van der Waals surface area contributed by atoms with Crippen LogP contribution in [0.5, 0.6) is 5.75 Å². The van der Waals surface area contributed by atoms with Gasteiger partial charge in [0.1, 0.15) is 0 Å². The van der Waals surface area contributed by atoms with E-state index in [-0.39, 0.29) is 11.8 Å². The van der Waals surface area contributed by atoms with E-state index in [2.05, 4.69) is 10.1 Å². The van der Waals surface area contributed by atoms with Crippen LogP contribution in [-0.2, 0) is 0 Å². The van der Waals surface area contributed by atoms with Crippen molar-refractivity contribution in [3.63, 3.8) is 0 Å². The van der Waals surface area contributed by atoms with E-state index in [9.17, 15) is 13.2 Å². The summed E-state index contributed by atoms with van der Waals surface area (Å²) in [5.74, 6) is -0.224. The number of thiophene rings is 1. The van der Waals surface area contributed by atoms with Crippen LogP contribution in [0.4, 0.5) is 18.9 Å². The first-order valence-corrected chi connectivity index (χ1v) is 6.48. The molecule has 1 aromatic carbocycles.